The number of rotatable bonds is 4. The quantitative estimate of drug-likeness (QED) is 0.373. The number of aromatic nitrogens is 6. The highest BCUT2D eigenvalue weighted by molar-refractivity contribution is 5.68. The van der Waals surface area contributed by atoms with Crippen LogP contribution in [0.1, 0.15) is 34.7 Å². The van der Waals surface area contributed by atoms with E-state index in [1.807, 2.05) is 45.8 Å². The first-order chi connectivity index (χ1) is 17.8. The van der Waals surface area contributed by atoms with Crippen LogP contribution in [0.3, 0.4) is 0 Å². The fourth-order valence-corrected chi connectivity index (χ4v) is 5.00. The van der Waals surface area contributed by atoms with Gasteiger partial charge in [-0.15, -0.1) is 10.2 Å². The van der Waals surface area contributed by atoms with Crippen molar-refractivity contribution in [3.63, 3.8) is 0 Å². The van der Waals surface area contributed by atoms with E-state index in [1.54, 1.807) is 0 Å². The van der Waals surface area contributed by atoms with Crippen molar-refractivity contribution in [3.05, 3.63) is 107 Å². The third kappa shape index (κ3) is 3.71. The summed E-state index contributed by atoms with van der Waals surface area (Å²) in [4.78, 5) is 0. The summed E-state index contributed by atoms with van der Waals surface area (Å²) in [6.07, 6.45) is -0.0298. The molecule has 8 heteroatoms. The van der Waals surface area contributed by atoms with Crippen molar-refractivity contribution < 1.29 is 9.47 Å². The zero-order chi connectivity index (χ0) is 23.9. The number of fused-ring (bicyclic) bond motifs is 2. The van der Waals surface area contributed by atoms with Gasteiger partial charge in [-0.1, -0.05) is 95.4 Å². The van der Waals surface area contributed by atoms with Gasteiger partial charge in [0.05, 0.1) is 37.7 Å². The van der Waals surface area contributed by atoms with Crippen LogP contribution in [-0.4, -0.2) is 30.0 Å². The van der Waals surface area contributed by atoms with Gasteiger partial charge in [0.2, 0.25) is 0 Å². The molecule has 0 amide bonds. The highest BCUT2D eigenvalue weighted by Gasteiger charge is 2.27. The summed E-state index contributed by atoms with van der Waals surface area (Å²) in [5, 5.41) is 17.8. The molecule has 2 aliphatic rings. The molecule has 178 valence electrons. The average molecular weight is 477 g/mol. The second-order valence-electron chi connectivity index (χ2n) is 9.13. The van der Waals surface area contributed by atoms with Crippen LogP contribution in [0, 0.1) is 0 Å². The summed E-state index contributed by atoms with van der Waals surface area (Å²) >= 11 is 0. The van der Waals surface area contributed by atoms with Crippen molar-refractivity contribution in [1.29, 1.82) is 0 Å². The van der Waals surface area contributed by atoms with Crippen LogP contribution < -0.4 is 0 Å². The van der Waals surface area contributed by atoms with Crippen LogP contribution in [0.5, 0.6) is 0 Å². The molecule has 5 aromatic rings. The number of benzene rings is 3. The van der Waals surface area contributed by atoms with Crippen molar-refractivity contribution in [3.8, 4) is 22.5 Å². The van der Waals surface area contributed by atoms with E-state index in [-0.39, 0.29) is 12.2 Å². The predicted octanol–water partition coefficient (Wildman–Crippen LogP) is 4.75. The number of hydrogen-bond acceptors (Lipinski definition) is 6. The highest BCUT2D eigenvalue weighted by Crippen LogP contribution is 2.33. The Balaban J connectivity index is 1.11. The molecule has 8 nitrogen and oxygen atoms in total. The Morgan fingerprint density at radius 2 is 0.972 bits per heavy atom. The molecule has 2 unspecified atom stereocenters. The van der Waals surface area contributed by atoms with Crippen LogP contribution in [0.25, 0.3) is 22.5 Å². The molecule has 0 fully saturated rings. The third-order valence-corrected chi connectivity index (χ3v) is 6.97. The standard InChI is InChI=1S/C28H24N6O2/c1-3-7-19(8-4-1)25-15-33-23(17-35-25)27(29-31-33)21-11-13-22(14-12-21)28-24-18-36-26(16-34(24)32-30-28)20-9-5-2-6-10-20/h1-14,25-26H,15-18H2. The Labute approximate surface area is 208 Å². The Morgan fingerprint density at radius 3 is 1.39 bits per heavy atom. The van der Waals surface area contributed by atoms with E-state index >= 15 is 0 Å². The molecule has 2 atom stereocenters. The van der Waals surface area contributed by atoms with Gasteiger partial charge in [-0.25, -0.2) is 9.36 Å². The molecule has 7 rings (SSSR count). The monoisotopic (exact) mass is 476 g/mol. The number of hydrogen-bond donors (Lipinski definition) is 0. The van der Waals surface area contributed by atoms with E-state index in [0.717, 1.165) is 45.0 Å². The summed E-state index contributed by atoms with van der Waals surface area (Å²) in [6, 6.07) is 28.7. The zero-order valence-corrected chi connectivity index (χ0v) is 19.6. The van der Waals surface area contributed by atoms with Gasteiger partial charge in [0.25, 0.3) is 0 Å². The predicted molar refractivity (Wildman–Crippen MR) is 132 cm³/mol. The van der Waals surface area contributed by atoms with Crippen LogP contribution >= 0.6 is 0 Å². The third-order valence-electron chi connectivity index (χ3n) is 6.97. The first-order valence-corrected chi connectivity index (χ1v) is 12.1. The summed E-state index contributed by atoms with van der Waals surface area (Å²) in [6.45, 7) is 2.26. The zero-order valence-electron chi connectivity index (χ0n) is 19.6. The number of ether oxygens (including phenoxy) is 2. The minimum atomic E-state index is -0.0149. The molecular formula is C28H24N6O2. The van der Waals surface area contributed by atoms with E-state index in [9.17, 15) is 0 Å². The van der Waals surface area contributed by atoms with E-state index < -0.39 is 0 Å². The molecule has 2 aliphatic heterocycles. The summed E-state index contributed by atoms with van der Waals surface area (Å²) in [7, 11) is 0. The lowest BCUT2D eigenvalue weighted by Gasteiger charge is -2.24. The van der Waals surface area contributed by atoms with Crippen LogP contribution in [0.2, 0.25) is 0 Å². The molecule has 0 N–H and O–H groups in total. The van der Waals surface area contributed by atoms with E-state index in [2.05, 4.69) is 69.2 Å². The molecule has 2 aromatic heterocycles. The molecule has 0 saturated heterocycles. The minimum Gasteiger partial charge on any atom is -0.365 e. The van der Waals surface area contributed by atoms with E-state index in [0.29, 0.717) is 26.3 Å². The molecule has 0 spiro atoms. The summed E-state index contributed by atoms with van der Waals surface area (Å²) in [5.74, 6) is 0. The van der Waals surface area contributed by atoms with Gasteiger partial charge in [0.1, 0.15) is 23.6 Å². The van der Waals surface area contributed by atoms with Crippen molar-refractivity contribution in [2.75, 3.05) is 0 Å². The summed E-state index contributed by atoms with van der Waals surface area (Å²) in [5.41, 5.74) is 8.01. The lowest BCUT2D eigenvalue weighted by molar-refractivity contribution is -0.00117. The van der Waals surface area contributed by atoms with Crippen molar-refractivity contribution >= 4 is 0 Å². The van der Waals surface area contributed by atoms with Crippen LogP contribution in [0.15, 0.2) is 84.9 Å². The van der Waals surface area contributed by atoms with Gasteiger partial charge in [-0.3, -0.25) is 0 Å². The highest BCUT2D eigenvalue weighted by atomic mass is 16.5. The largest absolute Gasteiger partial charge is 0.365 e. The Bertz CT molecular complexity index is 1380. The maximum absolute atomic E-state index is 6.16. The van der Waals surface area contributed by atoms with Crippen molar-refractivity contribution in [2.24, 2.45) is 0 Å². The fraction of sp³-hybridized carbons (Fsp3) is 0.214. The lowest BCUT2D eigenvalue weighted by Crippen LogP contribution is -2.22. The Kier molecular flexibility index (Phi) is 5.18. The van der Waals surface area contributed by atoms with Crippen molar-refractivity contribution in [1.82, 2.24) is 30.0 Å². The van der Waals surface area contributed by atoms with Gasteiger partial charge in [-0.05, 0) is 11.1 Å². The minimum absolute atomic E-state index is 0.0149. The van der Waals surface area contributed by atoms with Gasteiger partial charge >= 0.3 is 0 Å². The molecule has 0 saturated carbocycles. The first kappa shape index (κ1) is 21.2. The smallest absolute Gasteiger partial charge is 0.118 e. The SMILES string of the molecule is c1ccc(C2Cn3nnc(-c4ccc(-c5nnn6c5COC(c5ccccc5)C6)cc4)c3CO2)cc1. The van der Waals surface area contributed by atoms with Crippen molar-refractivity contribution in [2.45, 2.75) is 38.5 Å². The molecule has 0 radical (unpaired) electrons. The number of nitrogens with zero attached hydrogens (tertiary/aromatic N) is 6. The molecular weight excluding hydrogens is 452 g/mol. The molecule has 0 bridgehead atoms. The second-order valence-corrected chi connectivity index (χ2v) is 9.13. The molecule has 3 aromatic carbocycles. The van der Waals surface area contributed by atoms with Gasteiger partial charge < -0.3 is 9.47 Å². The summed E-state index contributed by atoms with van der Waals surface area (Å²) < 4.78 is 16.2. The Hall–Kier alpha value is -4.14. The van der Waals surface area contributed by atoms with Gasteiger partial charge in [-0.2, -0.15) is 0 Å². The first-order valence-electron chi connectivity index (χ1n) is 12.1. The normalized spacial score (nSPS) is 19.0. The average Bonchev–Trinajstić information content (AvgIpc) is 3.58. The molecule has 4 heterocycles. The van der Waals surface area contributed by atoms with E-state index in [4.69, 9.17) is 9.47 Å². The molecule has 36 heavy (non-hydrogen) atoms. The van der Waals surface area contributed by atoms with Crippen LogP contribution in [-0.2, 0) is 35.8 Å². The lowest BCUT2D eigenvalue weighted by atomic mass is 10.0. The fourth-order valence-electron chi connectivity index (χ4n) is 5.00. The van der Waals surface area contributed by atoms with Crippen LogP contribution in [0.4, 0.5) is 0 Å². The maximum atomic E-state index is 6.16. The van der Waals surface area contributed by atoms with Gasteiger partial charge in [0.15, 0.2) is 0 Å². The maximum Gasteiger partial charge on any atom is 0.118 e. The molecule has 0 aliphatic carbocycles. The van der Waals surface area contributed by atoms with Gasteiger partial charge in [0, 0.05) is 11.1 Å². The topological polar surface area (TPSA) is 79.9 Å². The second kappa shape index (κ2) is 8.82. The van der Waals surface area contributed by atoms with E-state index in [1.165, 1.54) is 0 Å². The Morgan fingerprint density at radius 1 is 0.556 bits per heavy atom.